The van der Waals surface area contributed by atoms with Crippen LogP contribution in [0.3, 0.4) is 0 Å². The summed E-state index contributed by atoms with van der Waals surface area (Å²) in [5, 5.41) is 19.4. The van der Waals surface area contributed by atoms with Crippen LogP contribution < -0.4 is 0 Å². The van der Waals surface area contributed by atoms with Gasteiger partial charge in [-0.25, -0.2) is 14.4 Å². The Bertz CT molecular complexity index is 829. The highest BCUT2D eigenvalue weighted by Crippen LogP contribution is 2.25. The first-order chi connectivity index (χ1) is 15.4. The first-order valence-electron chi connectivity index (χ1n) is 10.9. The van der Waals surface area contributed by atoms with Crippen LogP contribution in [-0.4, -0.2) is 101 Å². The van der Waals surface area contributed by atoms with Crippen LogP contribution in [0, 0.1) is 0 Å². The third kappa shape index (κ3) is 7.24. The van der Waals surface area contributed by atoms with Crippen LogP contribution in [0.2, 0.25) is 0 Å². The lowest BCUT2D eigenvalue weighted by atomic mass is 9.90. The number of amides is 2. The molecule has 1 unspecified atom stereocenters. The molecule has 1 saturated heterocycles. The second-order valence-corrected chi connectivity index (χ2v) is 9.35. The molecular formula is C23H35N3O7. The zero-order valence-electron chi connectivity index (χ0n) is 20.0. The van der Waals surface area contributed by atoms with Crippen molar-refractivity contribution in [3.63, 3.8) is 0 Å². The molecule has 1 aromatic carbocycles. The van der Waals surface area contributed by atoms with Gasteiger partial charge in [0.15, 0.2) is 0 Å². The van der Waals surface area contributed by atoms with Crippen molar-refractivity contribution in [2.24, 2.45) is 0 Å². The monoisotopic (exact) mass is 465 g/mol. The van der Waals surface area contributed by atoms with Gasteiger partial charge in [-0.05, 0) is 45.4 Å². The third-order valence-corrected chi connectivity index (χ3v) is 5.60. The normalized spacial score (nSPS) is 16.6. The number of carboxylic acid groups (broad SMARTS) is 1. The summed E-state index contributed by atoms with van der Waals surface area (Å²) in [6.45, 7) is 9.57. The molecule has 2 rings (SSSR count). The zero-order chi connectivity index (χ0) is 24.8. The lowest BCUT2D eigenvalue weighted by molar-refractivity contribution is -0.153. The average molecular weight is 466 g/mol. The molecule has 33 heavy (non-hydrogen) atoms. The Kier molecular flexibility index (Phi) is 8.54. The van der Waals surface area contributed by atoms with Crippen molar-refractivity contribution in [3.05, 3.63) is 29.8 Å². The van der Waals surface area contributed by atoms with Crippen LogP contribution in [0.15, 0.2) is 24.3 Å². The van der Waals surface area contributed by atoms with Crippen LogP contribution in [0.1, 0.15) is 33.3 Å². The van der Waals surface area contributed by atoms with Gasteiger partial charge < -0.3 is 24.6 Å². The number of carbonyl (C=O) groups excluding carboxylic acids is 2. The number of benzene rings is 1. The number of hydrogen-bond acceptors (Lipinski definition) is 7. The van der Waals surface area contributed by atoms with E-state index in [1.165, 1.54) is 19.2 Å². The quantitative estimate of drug-likeness (QED) is 0.589. The van der Waals surface area contributed by atoms with E-state index in [1.54, 1.807) is 24.0 Å². The van der Waals surface area contributed by atoms with Crippen molar-refractivity contribution in [2.45, 2.75) is 45.3 Å². The highest BCUT2D eigenvalue weighted by molar-refractivity contribution is 5.85. The lowest BCUT2D eigenvalue weighted by Gasteiger charge is -2.40. The molecule has 0 aliphatic carbocycles. The van der Waals surface area contributed by atoms with Gasteiger partial charge in [-0.2, -0.15) is 0 Å². The van der Waals surface area contributed by atoms with E-state index in [0.717, 1.165) is 4.90 Å². The Labute approximate surface area is 194 Å². The maximum Gasteiger partial charge on any atom is 0.410 e. The minimum absolute atomic E-state index is 0.0825. The van der Waals surface area contributed by atoms with E-state index in [-0.39, 0.29) is 24.8 Å². The fourth-order valence-electron chi connectivity index (χ4n) is 3.78. The summed E-state index contributed by atoms with van der Waals surface area (Å²) in [5.74, 6) is -0.577. The summed E-state index contributed by atoms with van der Waals surface area (Å²) in [4.78, 5) is 41.9. The number of aromatic hydroxyl groups is 1. The van der Waals surface area contributed by atoms with E-state index in [1.807, 2.05) is 20.8 Å². The number of nitrogens with zero attached hydrogens (tertiary/aromatic N) is 3. The fourth-order valence-corrected chi connectivity index (χ4v) is 3.78. The molecule has 0 aromatic heterocycles. The molecular weight excluding hydrogens is 430 g/mol. The smallest absolute Gasteiger partial charge is 0.410 e. The second-order valence-electron chi connectivity index (χ2n) is 9.35. The number of esters is 1. The van der Waals surface area contributed by atoms with Gasteiger partial charge in [0.2, 0.25) is 0 Å². The summed E-state index contributed by atoms with van der Waals surface area (Å²) in [7, 11) is 1.23. The van der Waals surface area contributed by atoms with E-state index in [0.29, 0.717) is 38.3 Å². The average Bonchev–Trinajstić information content (AvgIpc) is 2.73. The molecule has 1 aliphatic heterocycles. The minimum atomic E-state index is -1.45. The number of hydrogen-bond donors (Lipinski definition) is 2. The van der Waals surface area contributed by atoms with E-state index in [2.05, 4.69) is 4.90 Å². The number of ether oxygens (including phenoxy) is 2. The van der Waals surface area contributed by atoms with E-state index in [4.69, 9.17) is 9.47 Å². The molecule has 0 radical (unpaired) electrons. The highest BCUT2D eigenvalue weighted by atomic mass is 16.6. The number of phenolic OH excluding ortho intramolecular Hbond substituents is 1. The molecule has 1 fully saturated rings. The van der Waals surface area contributed by atoms with Gasteiger partial charge in [0.25, 0.3) is 0 Å². The van der Waals surface area contributed by atoms with Gasteiger partial charge in [0, 0.05) is 45.7 Å². The molecule has 2 amide bonds. The Morgan fingerprint density at radius 1 is 1.03 bits per heavy atom. The van der Waals surface area contributed by atoms with Crippen molar-refractivity contribution < 1.29 is 34.1 Å². The molecule has 1 aliphatic rings. The Hall–Kier alpha value is -3.01. The van der Waals surface area contributed by atoms with E-state index >= 15 is 0 Å². The topological polar surface area (TPSA) is 120 Å². The molecule has 0 spiro atoms. The molecule has 1 heterocycles. The second kappa shape index (κ2) is 10.7. The Morgan fingerprint density at radius 2 is 1.61 bits per heavy atom. The van der Waals surface area contributed by atoms with Crippen LogP contribution >= 0.6 is 0 Å². The summed E-state index contributed by atoms with van der Waals surface area (Å²) in [5.41, 5.74) is -1.32. The predicted molar refractivity (Wildman–Crippen MR) is 121 cm³/mol. The minimum Gasteiger partial charge on any atom is -0.508 e. The predicted octanol–water partition coefficient (Wildman–Crippen LogP) is 2.40. The standard InChI is InChI=1S/C23H35N3O7/c1-22(2,3)33-21(31)25-13-10-24(11-14-25)12-15-26(20(29)30)23(4,19(28)32-5)16-17-6-8-18(27)9-7-17/h6-9,27H,10-16H2,1-5H3,(H,29,30). The van der Waals surface area contributed by atoms with Gasteiger partial charge >= 0.3 is 18.2 Å². The Morgan fingerprint density at radius 3 is 2.09 bits per heavy atom. The summed E-state index contributed by atoms with van der Waals surface area (Å²) >= 11 is 0. The number of piperazine rings is 1. The zero-order valence-corrected chi connectivity index (χ0v) is 20.0. The van der Waals surface area contributed by atoms with Crippen molar-refractivity contribution in [1.29, 1.82) is 0 Å². The molecule has 10 nitrogen and oxygen atoms in total. The molecule has 1 aromatic rings. The molecule has 0 saturated carbocycles. The fraction of sp³-hybridized carbons (Fsp3) is 0.609. The first kappa shape index (κ1) is 26.2. The maximum atomic E-state index is 12.7. The third-order valence-electron chi connectivity index (χ3n) is 5.60. The van der Waals surface area contributed by atoms with Gasteiger partial charge in [-0.3, -0.25) is 9.80 Å². The van der Waals surface area contributed by atoms with Gasteiger partial charge in [-0.15, -0.1) is 0 Å². The molecule has 2 N–H and O–H groups in total. The van der Waals surface area contributed by atoms with Gasteiger partial charge in [-0.1, -0.05) is 12.1 Å². The van der Waals surface area contributed by atoms with Crippen LogP contribution in [0.25, 0.3) is 0 Å². The summed E-state index contributed by atoms with van der Waals surface area (Å²) in [6.07, 6.45) is -1.49. The lowest BCUT2D eigenvalue weighted by Crippen LogP contribution is -2.59. The first-order valence-corrected chi connectivity index (χ1v) is 10.9. The number of carbonyl (C=O) groups is 3. The van der Waals surface area contributed by atoms with Crippen molar-refractivity contribution in [3.8, 4) is 5.75 Å². The van der Waals surface area contributed by atoms with Gasteiger partial charge in [0.1, 0.15) is 16.9 Å². The van der Waals surface area contributed by atoms with Gasteiger partial charge in [0.05, 0.1) is 7.11 Å². The van der Waals surface area contributed by atoms with Crippen LogP contribution in [0.4, 0.5) is 9.59 Å². The molecule has 184 valence electrons. The van der Waals surface area contributed by atoms with E-state index in [9.17, 15) is 24.6 Å². The Balaban J connectivity index is 2.04. The van der Waals surface area contributed by atoms with Crippen molar-refractivity contribution in [1.82, 2.24) is 14.7 Å². The molecule has 0 bridgehead atoms. The van der Waals surface area contributed by atoms with Crippen LogP contribution in [-0.2, 0) is 20.7 Å². The van der Waals surface area contributed by atoms with Crippen molar-refractivity contribution >= 4 is 18.2 Å². The largest absolute Gasteiger partial charge is 0.508 e. The molecule has 10 heteroatoms. The van der Waals surface area contributed by atoms with Crippen molar-refractivity contribution in [2.75, 3.05) is 46.4 Å². The number of rotatable bonds is 7. The maximum absolute atomic E-state index is 12.7. The molecule has 1 atom stereocenters. The summed E-state index contributed by atoms with van der Waals surface area (Å²) < 4.78 is 10.4. The highest BCUT2D eigenvalue weighted by Gasteiger charge is 2.44. The number of phenols is 1. The number of methoxy groups -OCH3 is 1. The van der Waals surface area contributed by atoms with Crippen LogP contribution in [0.5, 0.6) is 5.75 Å². The SMILES string of the molecule is COC(=O)C(C)(Cc1ccc(O)cc1)N(CCN1CCN(C(=O)OC(C)(C)C)CC1)C(=O)O. The summed E-state index contributed by atoms with van der Waals surface area (Å²) in [6, 6.07) is 6.27. The van der Waals surface area contributed by atoms with E-state index < -0.39 is 23.2 Å².